The summed E-state index contributed by atoms with van der Waals surface area (Å²) in [6.45, 7) is 0.477. The van der Waals surface area contributed by atoms with Gasteiger partial charge < -0.3 is 15.4 Å². The van der Waals surface area contributed by atoms with E-state index in [1.54, 1.807) is 0 Å². The fourth-order valence-corrected chi connectivity index (χ4v) is 1.42. The molecule has 0 aliphatic rings. The highest BCUT2D eigenvalue weighted by Crippen LogP contribution is 2.04. The molecule has 0 saturated heterocycles. The number of benzene rings is 1. The van der Waals surface area contributed by atoms with Gasteiger partial charge in [0.1, 0.15) is 5.69 Å². The maximum Gasteiger partial charge on any atom is 0.269 e. The van der Waals surface area contributed by atoms with Crippen molar-refractivity contribution in [1.82, 2.24) is 15.3 Å². The molecule has 0 unspecified atom stereocenters. The highest BCUT2D eigenvalue weighted by molar-refractivity contribution is 5.91. The number of hydrogen-bond donors (Lipinski definition) is 3. The largest absolute Gasteiger partial charge is 0.392 e. The molecule has 88 valence electrons. The van der Waals surface area contributed by atoms with E-state index in [0.29, 0.717) is 12.2 Å². The Kier molecular flexibility index (Phi) is 3.52. The molecule has 5 heteroatoms. The highest BCUT2D eigenvalue weighted by Gasteiger charge is 2.05. The Morgan fingerprint density at radius 2 is 2.00 bits per heavy atom. The molecule has 1 aromatic heterocycles. The van der Waals surface area contributed by atoms with Crippen LogP contribution >= 0.6 is 0 Å². The SMILES string of the molecule is O=C(NCc1ccc(CO)cc1)c1cnc[nH]1. The van der Waals surface area contributed by atoms with Crippen LogP contribution in [0.3, 0.4) is 0 Å². The van der Waals surface area contributed by atoms with Gasteiger partial charge in [-0.25, -0.2) is 4.98 Å². The predicted molar refractivity (Wildman–Crippen MR) is 62.1 cm³/mol. The van der Waals surface area contributed by atoms with E-state index >= 15 is 0 Å². The maximum atomic E-state index is 11.6. The molecule has 0 spiro atoms. The third-order valence-electron chi connectivity index (χ3n) is 2.40. The van der Waals surface area contributed by atoms with Crippen LogP contribution in [0.4, 0.5) is 0 Å². The van der Waals surface area contributed by atoms with Crippen LogP contribution in [0.5, 0.6) is 0 Å². The highest BCUT2D eigenvalue weighted by atomic mass is 16.3. The van der Waals surface area contributed by atoms with Gasteiger partial charge in [0.15, 0.2) is 0 Å². The molecule has 1 amide bonds. The summed E-state index contributed by atoms with van der Waals surface area (Å²) in [6.07, 6.45) is 2.94. The van der Waals surface area contributed by atoms with Gasteiger partial charge in [0, 0.05) is 6.54 Å². The topological polar surface area (TPSA) is 78.0 Å². The number of H-pyrrole nitrogens is 1. The Balaban J connectivity index is 1.91. The van der Waals surface area contributed by atoms with E-state index in [2.05, 4.69) is 15.3 Å². The third-order valence-corrected chi connectivity index (χ3v) is 2.40. The van der Waals surface area contributed by atoms with Crippen molar-refractivity contribution >= 4 is 5.91 Å². The Morgan fingerprint density at radius 1 is 1.29 bits per heavy atom. The lowest BCUT2D eigenvalue weighted by molar-refractivity contribution is 0.0946. The molecule has 1 aromatic carbocycles. The summed E-state index contributed by atoms with van der Waals surface area (Å²) >= 11 is 0. The lowest BCUT2D eigenvalue weighted by atomic mass is 10.1. The van der Waals surface area contributed by atoms with Crippen molar-refractivity contribution in [2.45, 2.75) is 13.2 Å². The molecule has 0 saturated carbocycles. The fraction of sp³-hybridized carbons (Fsp3) is 0.167. The monoisotopic (exact) mass is 231 g/mol. The number of aromatic amines is 1. The molecule has 0 bridgehead atoms. The van der Waals surface area contributed by atoms with E-state index < -0.39 is 0 Å². The van der Waals surface area contributed by atoms with E-state index in [9.17, 15) is 4.79 Å². The van der Waals surface area contributed by atoms with Crippen molar-refractivity contribution in [3.63, 3.8) is 0 Å². The molecule has 3 N–H and O–H groups in total. The Hall–Kier alpha value is -2.14. The second kappa shape index (κ2) is 5.27. The van der Waals surface area contributed by atoms with E-state index in [0.717, 1.165) is 11.1 Å². The predicted octanol–water partition coefficient (Wildman–Crippen LogP) is 0.832. The van der Waals surface area contributed by atoms with Crippen molar-refractivity contribution < 1.29 is 9.90 Å². The van der Waals surface area contributed by atoms with Gasteiger partial charge in [0.05, 0.1) is 19.1 Å². The summed E-state index contributed by atoms with van der Waals surface area (Å²) in [5, 5.41) is 11.7. The van der Waals surface area contributed by atoms with Crippen LogP contribution in [0.2, 0.25) is 0 Å². The summed E-state index contributed by atoms with van der Waals surface area (Å²) in [6, 6.07) is 7.41. The minimum atomic E-state index is -0.186. The maximum absolute atomic E-state index is 11.6. The molecule has 0 aliphatic heterocycles. The number of aliphatic hydroxyl groups excluding tert-OH is 1. The van der Waals surface area contributed by atoms with Gasteiger partial charge in [-0.3, -0.25) is 4.79 Å². The first-order valence-corrected chi connectivity index (χ1v) is 5.25. The molecular weight excluding hydrogens is 218 g/mol. The molecule has 0 fully saturated rings. The van der Waals surface area contributed by atoms with Gasteiger partial charge in [-0.15, -0.1) is 0 Å². The van der Waals surface area contributed by atoms with E-state index in [1.807, 2.05) is 24.3 Å². The Bertz CT molecular complexity index is 477. The van der Waals surface area contributed by atoms with Crippen molar-refractivity contribution in [2.75, 3.05) is 0 Å². The van der Waals surface area contributed by atoms with Crippen LogP contribution in [0, 0.1) is 0 Å². The summed E-state index contributed by atoms with van der Waals surface area (Å²) in [4.78, 5) is 18.1. The fourth-order valence-electron chi connectivity index (χ4n) is 1.42. The zero-order chi connectivity index (χ0) is 12.1. The van der Waals surface area contributed by atoms with Crippen LogP contribution < -0.4 is 5.32 Å². The van der Waals surface area contributed by atoms with Gasteiger partial charge >= 0.3 is 0 Å². The molecule has 17 heavy (non-hydrogen) atoms. The Labute approximate surface area is 98.5 Å². The Morgan fingerprint density at radius 3 is 2.59 bits per heavy atom. The number of carbonyl (C=O) groups is 1. The lowest BCUT2D eigenvalue weighted by Crippen LogP contribution is -2.23. The first kappa shape index (κ1) is 11.3. The van der Waals surface area contributed by atoms with E-state index in [1.165, 1.54) is 12.5 Å². The van der Waals surface area contributed by atoms with Crippen molar-refractivity contribution in [2.24, 2.45) is 0 Å². The summed E-state index contributed by atoms with van der Waals surface area (Å²) < 4.78 is 0. The quantitative estimate of drug-likeness (QED) is 0.729. The zero-order valence-electron chi connectivity index (χ0n) is 9.18. The molecule has 2 rings (SSSR count). The second-order valence-electron chi connectivity index (χ2n) is 3.62. The molecular formula is C12H13N3O2. The van der Waals surface area contributed by atoms with Crippen LogP contribution in [0.25, 0.3) is 0 Å². The van der Waals surface area contributed by atoms with Gasteiger partial charge in [0.25, 0.3) is 5.91 Å². The van der Waals surface area contributed by atoms with Crippen molar-refractivity contribution in [3.05, 3.63) is 53.6 Å². The number of amides is 1. The molecule has 2 aromatic rings. The van der Waals surface area contributed by atoms with Gasteiger partial charge in [-0.1, -0.05) is 24.3 Å². The average Bonchev–Trinajstić information content (AvgIpc) is 2.90. The zero-order valence-corrected chi connectivity index (χ0v) is 9.18. The van der Waals surface area contributed by atoms with Crippen molar-refractivity contribution in [1.29, 1.82) is 0 Å². The number of aliphatic hydroxyl groups is 1. The van der Waals surface area contributed by atoms with Crippen LogP contribution in [-0.4, -0.2) is 21.0 Å². The lowest BCUT2D eigenvalue weighted by Gasteiger charge is -2.04. The van der Waals surface area contributed by atoms with E-state index in [4.69, 9.17) is 5.11 Å². The number of aromatic nitrogens is 2. The smallest absolute Gasteiger partial charge is 0.269 e. The number of carbonyl (C=O) groups excluding carboxylic acids is 1. The van der Waals surface area contributed by atoms with Crippen molar-refractivity contribution in [3.8, 4) is 0 Å². The van der Waals surface area contributed by atoms with Gasteiger partial charge in [-0.2, -0.15) is 0 Å². The normalized spacial score (nSPS) is 10.2. The summed E-state index contributed by atoms with van der Waals surface area (Å²) in [5.74, 6) is -0.186. The number of imidazole rings is 1. The standard InChI is InChI=1S/C12H13N3O2/c16-7-10-3-1-9(2-4-10)5-14-12(17)11-6-13-8-15-11/h1-4,6,8,16H,5,7H2,(H,13,15)(H,14,17). The first-order valence-electron chi connectivity index (χ1n) is 5.25. The molecule has 0 aliphatic carbocycles. The molecule has 1 heterocycles. The van der Waals surface area contributed by atoms with Crippen LogP contribution in [0.1, 0.15) is 21.6 Å². The van der Waals surface area contributed by atoms with Crippen LogP contribution in [-0.2, 0) is 13.2 Å². The molecule has 0 atom stereocenters. The summed E-state index contributed by atoms with van der Waals surface area (Å²) in [5.41, 5.74) is 2.28. The minimum Gasteiger partial charge on any atom is -0.392 e. The average molecular weight is 231 g/mol. The van der Waals surface area contributed by atoms with Crippen LogP contribution in [0.15, 0.2) is 36.8 Å². The number of nitrogens with one attached hydrogen (secondary N) is 2. The van der Waals surface area contributed by atoms with Gasteiger partial charge in [-0.05, 0) is 11.1 Å². The first-order chi connectivity index (χ1) is 8.29. The van der Waals surface area contributed by atoms with Gasteiger partial charge in [0.2, 0.25) is 0 Å². The molecule has 0 radical (unpaired) electrons. The second-order valence-corrected chi connectivity index (χ2v) is 3.62. The third kappa shape index (κ3) is 2.92. The molecule has 5 nitrogen and oxygen atoms in total. The minimum absolute atomic E-state index is 0.0286. The number of nitrogens with zero attached hydrogens (tertiary/aromatic N) is 1. The number of rotatable bonds is 4. The van der Waals surface area contributed by atoms with E-state index in [-0.39, 0.29) is 12.5 Å². The number of hydrogen-bond acceptors (Lipinski definition) is 3. The summed E-state index contributed by atoms with van der Waals surface area (Å²) in [7, 11) is 0.